The maximum absolute atomic E-state index is 3.06. The molecule has 1 aromatic heterocycles. The Labute approximate surface area is 73.7 Å². The van der Waals surface area contributed by atoms with E-state index in [1.54, 1.807) is 0 Å². The van der Waals surface area contributed by atoms with Crippen molar-refractivity contribution in [3.8, 4) is 0 Å². The van der Waals surface area contributed by atoms with Gasteiger partial charge < -0.3 is 4.98 Å². The number of aromatic nitrogens is 1. The van der Waals surface area contributed by atoms with Gasteiger partial charge >= 0.3 is 0 Å². The first-order valence-corrected chi connectivity index (χ1v) is 2.90. The normalized spacial score (nSPS) is 9.20. The standard InChI is InChI=1S/C8H6N.W/c1-2-4-8-7(3-1)5-6-9-8;/h1-4,6,9H;/q-1;. The molecule has 0 atom stereocenters. The molecule has 1 N–H and O–H groups in total. The first-order valence-electron chi connectivity index (χ1n) is 2.90. The smallest absolute Gasteiger partial charge is 0 e. The molecule has 0 bridgehead atoms. The van der Waals surface area contributed by atoms with Gasteiger partial charge in [-0.3, -0.25) is 0 Å². The third kappa shape index (κ3) is 1.14. The summed E-state index contributed by atoms with van der Waals surface area (Å²) >= 11 is 0. The van der Waals surface area contributed by atoms with Crippen molar-refractivity contribution < 1.29 is 21.1 Å². The zero-order valence-corrected chi connectivity index (χ0v) is 8.23. The van der Waals surface area contributed by atoms with Crippen molar-refractivity contribution >= 4 is 10.9 Å². The topological polar surface area (TPSA) is 15.8 Å². The quantitative estimate of drug-likeness (QED) is 0.716. The first-order chi connectivity index (χ1) is 4.47. The van der Waals surface area contributed by atoms with Crippen LogP contribution in [0.15, 0.2) is 30.5 Å². The molecule has 0 saturated heterocycles. The summed E-state index contributed by atoms with van der Waals surface area (Å²) in [5.74, 6) is 0. The van der Waals surface area contributed by atoms with Crippen LogP contribution in [0.1, 0.15) is 0 Å². The van der Waals surface area contributed by atoms with E-state index in [-0.39, 0.29) is 21.1 Å². The van der Waals surface area contributed by atoms with Crippen molar-refractivity contribution in [2.45, 2.75) is 0 Å². The van der Waals surface area contributed by atoms with E-state index in [0.717, 1.165) is 10.9 Å². The molecule has 0 spiro atoms. The maximum Gasteiger partial charge on any atom is 0 e. The van der Waals surface area contributed by atoms with E-state index in [9.17, 15) is 0 Å². The maximum atomic E-state index is 3.06. The molecule has 0 amide bonds. The number of aromatic amines is 1. The SMILES string of the molecule is [W].[c-]1c[nH]c2ccccc12. The van der Waals surface area contributed by atoms with Crippen LogP contribution in [0.2, 0.25) is 0 Å². The minimum absolute atomic E-state index is 0. The van der Waals surface area contributed by atoms with Crippen molar-refractivity contribution in [1.29, 1.82) is 0 Å². The second kappa shape index (κ2) is 3.02. The molecule has 0 unspecified atom stereocenters. The van der Waals surface area contributed by atoms with Gasteiger partial charge in [-0.2, -0.15) is 17.5 Å². The summed E-state index contributed by atoms with van der Waals surface area (Å²) < 4.78 is 0. The predicted molar refractivity (Wildman–Crippen MR) is 37.1 cm³/mol. The fourth-order valence-electron chi connectivity index (χ4n) is 0.926. The summed E-state index contributed by atoms with van der Waals surface area (Å²) in [4.78, 5) is 3.06. The van der Waals surface area contributed by atoms with Crippen LogP contribution in [0.4, 0.5) is 0 Å². The molecule has 50 valence electrons. The van der Waals surface area contributed by atoms with Crippen molar-refractivity contribution in [2.24, 2.45) is 0 Å². The van der Waals surface area contributed by atoms with Gasteiger partial charge in [0.15, 0.2) is 0 Å². The van der Waals surface area contributed by atoms with Gasteiger partial charge in [0.05, 0.1) is 0 Å². The van der Waals surface area contributed by atoms with Crippen molar-refractivity contribution in [2.75, 3.05) is 0 Å². The summed E-state index contributed by atoms with van der Waals surface area (Å²) in [6, 6.07) is 11.1. The van der Waals surface area contributed by atoms with E-state index in [1.165, 1.54) is 0 Å². The molecule has 0 aliphatic rings. The second-order valence-electron chi connectivity index (χ2n) is 1.98. The van der Waals surface area contributed by atoms with E-state index in [1.807, 2.05) is 30.5 Å². The average molecular weight is 300 g/mol. The largest absolute Gasteiger partial charge is 0.424 e. The van der Waals surface area contributed by atoms with Gasteiger partial charge in [0.1, 0.15) is 0 Å². The van der Waals surface area contributed by atoms with Crippen molar-refractivity contribution in [3.05, 3.63) is 36.5 Å². The zero-order valence-electron chi connectivity index (χ0n) is 5.29. The molecule has 2 aromatic rings. The molecular weight excluding hydrogens is 294 g/mol. The van der Waals surface area contributed by atoms with Gasteiger partial charge in [-0.25, -0.2) is 0 Å². The second-order valence-corrected chi connectivity index (χ2v) is 1.98. The van der Waals surface area contributed by atoms with Crippen LogP contribution in [-0.2, 0) is 21.1 Å². The summed E-state index contributed by atoms with van der Waals surface area (Å²) in [7, 11) is 0. The van der Waals surface area contributed by atoms with Gasteiger partial charge in [-0.05, 0) is 0 Å². The van der Waals surface area contributed by atoms with Crippen LogP contribution in [-0.4, -0.2) is 4.98 Å². The Morgan fingerprint density at radius 3 is 2.80 bits per heavy atom. The third-order valence-electron chi connectivity index (χ3n) is 1.38. The Morgan fingerprint density at radius 2 is 2.00 bits per heavy atom. The van der Waals surface area contributed by atoms with Crippen LogP contribution in [0, 0.1) is 6.07 Å². The van der Waals surface area contributed by atoms with Crippen LogP contribution >= 0.6 is 0 Å². The van der Waals surface area contributed by atoms with E-state index in [4.69, 9.17) is 0 Å². The first kappa shape index (κ1) is 7.55. The van der Waals surface area contributed by atoms with E-state index in [0.29, 0.717) is 0 Å². The summed E-state index contributed by atoms with van der Waals surface area (Å²) in [6.45, 7) is 0. The fourth-order valence-corrected chi connectivity index (χ4v) is 0.926. The monoisotopic (exact) mass is 300 g/mol. The Bertz CT molecular complexity index is 283. The van der Waals surface area contributed by atoms with E-state index >= 15 is 0 Å². The van der Waals surface area contributed by atoms with Crippen molar-refractivity contribution in [3.63, 3.8) is 0 Å². The summed E-state index contributed by atoms with van der Waals surface area (Å²) in [6.07, 6.45) is 1.82. The number of benzene rings is 1. The number of hydrogen-bond acceptors (Lipinski definition) is 0. The molecular formula is C8H6NW-. The van der Waals surface area contributed by atoms with Crippen LogP contribution in [0.5, 0.6) is 0 Å². The van der Waals surface area contributed by atoms with Crippen LogP contribution in [0.25, 0.3) is 10.9 Å². The summed E-state index contributed by atoms with van der Waals surface area (Å²) in [5.41, 5.74) is 1.15. The zero-order chi connectivity index (χ0) is 6.10. The number of rotatable bonds is 0. The van der Waals surface area contributed by atoms with E-state index < -0.39 is 0 Å². The molecule has 10 heavy (non-hydrogen) atoms. The van der Waals surface area contributed by atoms with Gasteiger partial charge in [0.2, 0.25) is 0 Å². The number of H-pyrrole nitrogens is 1. The number of fused-ring (bicyclic) bond motifs is 1. The van der Waals surface area contributed by atoms with Gasteiger partial charge in [0.25, 0.3) is 0 Å². The molecule has 0 aliphatic heterocycles. The van der Waals surface area contributed by atoms with Crippen LogP contribution in [0.3, 0.4) is 0 Å². The molecule has 0 aliphatic carbocycles. The molecule has 1 heterocycles. The minimum atomic E-state index is 0. The fraction of sp³-hybridized carbons (Fsp3) is 0. The minimum Gasteiger partial charge on any atom is -0.424 e. The summed E-state index contributed by atoms with van der Waals surface area (Å²) in [5, 5.41) is 1.15. The predicted octanol–water partition coefficient (Wildman–Crippen LogP) is 1.97. The van der Waals surface area contributed by atoms with Crippen molar-refractivity contribution in [1.82, 2.24) is 4.98 Å². The molecule has 0 saturated carbocycles. The Morgan fingerprint density at radius 1 is 1.20 bits per heavy atom. The Hall–Kier alpha value is -0.552. The third-order valence-corrected chi connectivity index (χ3v) is 1.38. The Kier molecular flexibility index (Phi) is 2.28. The number of hydrogen-bond donors (Lipinski definition) is 1. The molecule has 0 fully saturated rings. The number of para-hydroxylation sites is 1. The molecule has 1 aromatic carbocycles. The van der Waals surface area contributed by atoms with Crippen LogP contribution < -0.4 is 0 Å². The van der Waals surface area contributed by atoms with E-state index in [2.05, 4.69) is 11.1 Å². The van der Waals surface area contributed by atoms with Gasteiger partial charge in [0, 0.05) is 21.1 Å². The molecule has 0 radical (unpaired) electrons. The van der Waals surface area contributed by atoms with Gasteiger partial charge in [-0.15, -0.1) is 6.07 Å². The average Bonchev–Trinajstić information content (AvgIpc) is 2.33. The Balaban J connectivity index is 0.000000500. The molecule has 1 nitrogen and oxygen atoms in total. The van der Waals surface area contributed by atoms with Gasteiger partial charge in [-0.1, -0.05) is 23.8 Å². The molecule has 2 rings (SSSR count). The molecule has 2 heteroatoms. The number of nitrogens with one attached hydrogen (secondary N) is 1.